The second kappa shape index (κ2) is 9.69. The van der Waals surface area contributed by atoms with Crippen LogP contribution in [0.15, 0.2) is 42.5 Å². The van der Waals surface area contributed by atoms with Crippen LogP contribution >= 0.6 is 11.6 Å². The van der Waals surface area contributed by atoms with E-state index in [0.29, 0.717) is 12.3 Å². The Morgan fingerprint density at radius 1 is 1.19 bits per heavy atom. The van der Waals surface area contributed by atoms with Crippen molar-refractivity contribution in [3.05, 3.63) is 64.4 Å². The number of benzene rings is 2. The lowest BCUT2D eigenvalue weighted by molar-refractivity contribution is -0.123. The number of nitrogens with zero attached hydrogens (tertiary/aromatic N) is 1. The zero-order valence-electron chi connectivity index (χ0n) is 14.9. The number of amides is 1. The Balaban J connectivity index is 1.50. The first-order valence-electron chi connectivity index (χ1n) is 8.83. The molecule has 0 spiro atoms. The van der Waals surface area contributed by atoms with Crippen LogP contribution in [0.4, 0.5) is 4.39 Å². The van der Waals surface area contributed by atoms with Crippen LogP contribution in [0, 0.1) is 5.82 Å². The zero-order chi connectivity index (χ0) is 19.1. The highest BCUT2D eigenvalue weighted by atomic mass is 35.5. The highest BCUT2D eigenvalue weighted by Crippen LogP contribution is 2.21. The second-order valence-electron chi connectivity index (χ2n) is 6.30. The fraction of sp³-hybridized carbons (Fsp3) is 0.350. The second-order valence-corrected chi connectivity index (χ2v) is 6.71. The van der Waals surface area contributed by atoms with Crippen molar-refractivity contribution < 1.29 is 18.7 Å². The van der Waals surface area contributed by atoms with E-state index in [1.165, 1.54) is 23.8 Å². The number of carbonyl (C=O) groups is 1. The molecular formula is C20H22ClFN2O3. The normalized spacial score (nSPS) is 14.7. The SMILES string of the molecule is O=C(COc1ccc(F)c(Cl)c1)NCc1ccccc1CN1CCOCC1. The van der Waals surface area contributed by atoms with Crippen LogP contribution in [0.3, 0.4) is 0 Å². The maximum Gasteiger partial charge on any atom is 0.258 e. The minimum absolute atomic E-state index is 0.0371. The van der Waals surface area contributed by atoms with Crippen LogP contribution in [-0.2, 0) is 22.6 Å². The summed E-state index contributed by atoms with van der Waals surface area (Å²) in [4.78, 5) is 14.4. The Hall–Kier alpha value is -2.15. The van der Waals surface area contributed by atoms with Crippen LogP contribution in [0.25, 0.3) is 0 Å². The molecule has 0 aliphatic carbocycles. The third-order valence-electron chi connectivity index (χ3n) is 4.35. The summed E-state index contributed by atoms with van der Waals surface area (Å²) < 4.78 is 23.9. The van der Waals surface area contributed by atoms with Gasteiger partial charge in [-0.2, -0.15) is 0 Å². The van der Waals surface area contributed by atoms with Crippen LogP contribution in [0.1, 0.15) is 11.1 Å². The Kier molecular flexibility index (Phi) is 7.04. The molecule has 0 saturated carbocycles. The van der Waals surface area contributed by atoms with E-state index in [1.807, 2.05) is 18.2 Å². The van der Waals surface area contributed by atoms with Gasteiger partial charge < -0.3 is 14.8 Å². The molecule has 1 heterocycles. The van der Waals surface area contributed by atoms with Gasteiger partial charge in [-0.15, -0.1) is 0 Å². The maximum absolute atomic E-state index is 13.1. The Morgan fingerprint density at radius 2 is 1.93 bits per heavy atom. The monoisotopic (exact) mass is 392 g/mol. The molecule has 1 amide bonds. The topological polar surface area (TPSA) is 50.8 Å². The molecule has 0 atom stereocenters. The van der Waals surface area contributed by atoms with E-state index < -0.39 is 5.82 Å². The van der Waals surface area contributed by atoms with Gasteiger partial charge in [-0.05, 0) is 23.3 Å². The smallest absolute Gasteiger partial charge is 0.258 e. The van der Waals surface area contributed by atoms with Gasteiger partial charge in [0.1, 0.15) is 11.6 Å². The molecule has 1 N–H and O–H groups in total. The van der Waals surface area contributed by atoms with E-state index >= 15 is 0 Å². The van der Waals surface area contributed by atoms with E-state index in [2.05, 4.69) is 16.3 Å². The van der Waals surface area contributed by atoms with Crippen molar-refractivity contribution in [2.24, 2.45) is 0 Å². The van der Waals surface area contributed by atoms with E-state index in [0.717, 1.165) is 38.4 Å². The van der Waals surface area contributed by atoms with Crippen LogP contribution in [0.2, 0.25) is 5.02 Å². The summed E-state index contributed by atoms with van der Waals surface area (Å²) in [6.07, 6.45) is 0. The summed E-state index contributed by atoms with van der Waals surface area (Å²) >= 11 is 5.70. The number of carbonyl (C=O) groups excluding carboxylic acids is 1. The summed E-state index contributed by atoms with van der Waals surface area (Å²) in [6, 6.07) is 12.0. The third kappa shape index (κ3) is 5.92. The first-order chi connectivity index (χ1) is 13.1. The van der Waals surface area contributed by atoms with Crippen LogP contribution in [0.5, 0.6) is 5.75 Å². The molecule has 0 unspecified atom stereocenters. The van der Waals surface area contributed by atoms with Crippen molar-refractivity contribution in [2.45, 2.75) is 13.1 Å². The number of halogens is 2. The predicted molar refractivity (Wildman–Crippen MR) is 101 cm³/mol. The molecule has 0 aromatic heterocycles. The third-order valence-corrected chi connectivity index (χ3v) is 4.64. The maximum atomic E-state index is 13.1. The van der Waals surface area contributed by atoms with Gasteiger partial charge in [0.05, 0.1) is 18.2 Å². The molecule has 2 aromatic carbocycles. The molecule has 1 aliphatic heterocycles. The first-order valence-corrected chi connectivity index (χ1v) is 9.21. The fourth-order valence-electron chi connectivity index (χ4n) is 2.84. The number of ether oxygens (including phenoxy) is 2. The lowest BCUT2D eigenvalue weighted by Gasteiger charge is -2.27. The summed E-state index contributed by atoms with van der Waals surface area (Å²) in [5.41, 5.74) is 2.26. The minimum atomic E-state index is -0.523. The average molecular weight is 393 g/mol. The number of hydrogen-bond donors (Lipinski definition) is 1. The zero-order valence-corrected chi connectivity index (χ0v) is 15.7. The molecule has 1 aliphatic rings. The molecular weight excluding hydrogens is 371 g/mol. The van der Waals surface area contributed by atoms with E-state index in [4.69, 9.17) is 21.1 Å². The van der Waals surface area contributed by atoms with E-state index in [9.17, 15) is 9.18 Å². The van der Waals surface area contributed by atoms with Crippen molar-refractivity contribution in [3.8, 4) is 5.75 Å². The van der Waals surface area contributed by atoms with Gasteiger partial charge in [-0.1, -0.05) is 35.9 Å². The summed E-state index contributed by atoms with van der Waals surface area (Å²) in [5.74, 6) is -0.425. The molecule has 3 rings (SSSR count). The molecule has 2 aromatic rings. The number of morpholine rings is 1. The fourth-order valence-corrected chi connectivity index (χ4v) is 3.02. The minimum Gasteiger partial charge on any atom is -0.484 e. The Morgan fingerprint density at radius 3 is 2.67 bits per heavy atom. The average Bonchev–Trinajstić information content (AvgIpc) is 2.69. The van der Waals surface area contributed by atoms with Gasteiger partial charge >= 0.3 is 0 Å². The van der Waals surface area contributed by atoms with Gasteiger partial charge in [-0.3, -0.25) is 9.69 Å². The van der Waals surface area contributed by atoms with Crippen molar-refractivity contribution in [1.82, 2.24) is 10.2 Å². The quantitative estimate of drug-likeness (QED) is 0.787. The van der Waals surface area contributed by atoms with Crippen molar-refractivity contribution in [3.63, 3.8) is 0 Å². The standard InChI is InChI=1S/C20H22ClFN2O3/c21-18-11-17(5-6-19(18)22)27-14-20(25)23-12-15-3-1-2-4-16(15)13-24-7-9-26-10-8-24/h1-6,11H,7-10,12-14H2,(H,23,25). The summed E-state index contributed by atoms with van der Waals surface area (Å²) in [7, 11) is 0. The van der Waals surface area contributed by atoms with Crippen LogP contribution < -0.4 is 10.1 Å². The van der Waals surface area contributed by atoms with Crippen molar-refractivity contribution in [2.75, 3.05) is 32.9 Å². The highest BCUT2D eigenvalue weighted by molar-refractivity contribution is 6.30. The molecule has 5 nitrogen and oxygen atoms in total. The molecule has 27 heavy (non-hydrogen) atoms. The van der Waals surface area contributed by atoms with E-state index in [1.54, 1.807) is 0 Å². The van der Waals surface area contributed by atoms with Crippen molar-refractivity contribution >= 4 is 17.5 Å². The Labute approximate surface area is 163 Å². The molecule has 7 heteroatoms. The van der Waals surface area contributed by atoms with Gasteiger partial charge in [0.15, 0.2) is 6.61 Å². The lowest BCUT2D eigenvalue weighted by Crippen LogP contribution is -2.36. The largest absolute Gasteiger partial charge is 0.484 e. The predicted octanol–water partition coefficient (Wildman–Crippen LogP) is 3.01. The number of hydrogen-bond acceptors (Lipinski definition) is 4. The molecule has 1 fully saturated rings. The molecule has 1 saturated heterocycles. The molecule has 0 radical (unpaired) electrons. The van der Waals surface area contributed by atoms with Crippen LogP contribution in [-0.4, -0.2) is 43.7 Å². The number of nitrogens with one attached hydrogen (secondary N) is 1. The summed E-state index contributed by atoms with van der Waals surface area (Å²) in [5, 5.41) is 2.82. The van der Waals surface area contributed by atoms with Gasteiger partial charge in [0.25, 0.3) is 5.91 Å². The van der Waals surface area contributed by atoms with Crippen molar-refractivity contribution in [1.29, 1.82) is 0 Å². The highest BCUT2D eigenvalue weighted by Gasteiger charge is 2.13. The number of rotatable bonds is 7. The molecule has 0 bridgehead atoms. The molecule has 144 valence electrons. The van der Waals surface area contributed by atoms with Gasteiger partial charge in [-0.25, -0.2) is 4.39 Å². The Bertz CT molecular complexity index is 782. The van der Waals surface area contributed by atoms with Gasteiger partial charge in [0, 0.05) is 32.2 Å². The lowest BCUT2D eigenvalue weighted by atomic mass is 10.1. The summed E-state index contributed by atoms with van der Waals surface area (Å²) in [6.45, 7) is 4.43. The van der Waals surface area contributed by atoms with Gasteiger partial charge in [0.2, 0.25) is 0 Å². The first kappa shape index (κ1) is 19.6. The van der Waals surface area contributed by atoms with E-state index in [-0.39, 0.29) is 17.5 Å².